The van der Waals surface area contributed by atoms with Crippen LogP contribution in [0.5, 0.6) is 5.75 Å². The fourth-order valence-electron chi connectivity index (χ4n) is 2.78. The maximum Gasteiger partial charge on any atom is 0.220 e. The van der Waals surface area contributed by atoms with E-state index < -0.39 is 0 Å². The Balaban J connectivity index is 1.79. The van der Waals surface area contributed by atoms with Gasteiger partial charge in [-0.25, -0.2) is 0 Å². The number of carbonyl (C=O) groups excluding carboxylic acids is 1. The molecular weight excluding hydrogens is 214 g/mol. The fraction of sp³-hybridized carbons (Fsp3) is 0.500. The SMILES string of the molecule is CC1(Cc2ccc3c(c2)CCO3)CCC(=O)N1. The number of hydrogen-bond donors (Lipinski definition) is 1. The van der Waals surface area contributed by atoms with E-state index in [2.05, 4.69) is 30.4 Å². The molecule has 3 heteroatoms. The van der Waals surface area contributed by atoms with Gasteiger partial charge in [-0.05, 0) is 37.0 Å². The quantitative estimate of drug-likeness (QED) is 0.843. The molecule has 1 aromatic carbocycles. The maximum atomic E-state index is 11.3. The monoisotopic (exact) mass is 231 g/mol. The van der Waals surface area contributed by atoms with Crippen LogP contribution in [0.25, 0.3) is 0 Å². The largest absolute Gasteiger partial charge is 0.493 e. The molecule has 2 aliphatic rings. The molecule has 1 N–H and O–H groups in total. The van der Waals surface area contributed by atoms with Crippen LogP contribution in [-0.4, -0.2) is 18.1 Å². The molecule has 1 fully saturated rings. The summed E-state index contributed by atoms with van der Waals surface area (Å²) in [5.41, 5.74) is 2.53. The second-order valence-electron chi connectivity index (χ2n) is 5.33. The number of benzene rings is 1. The molecule has 0 aliphatic carbocycles. The van der Waals surface area contributed by atoms with Gasteiger partial charge in [0.25, 0.3) is 0 Å². The highest BCUT2D eigenvalue weighted by atomic mass is 16.5. The number of amides is 1. The van der Waals surface area contributed by atoms with Crippen molar-refractivity contribution in [2.24, 2.45) is 0 Å². The minimum absolute atomic E-state index is 0.0647. The van der Waals surface area contributed by atoms with Gasteiger partial charge in [0.2, 0.25) is 5.91 Å². The molecule has 0 bridgehead atoms. The summed E-state index contributed by atoms with van der Waals surface area (Å²) in [6, 6.07) is 6.38. The van der Waals surface area contributed by atoms with Crippen molar-refractivity contribution in [1.29, 1.82) is 0 Å². The Hall–Kier alpha value is -1.51. The summed E-state index contributed by atoms with van der Waals surface area (Å²) >= 11 is 0. The second kappa shape index (κ2) is 3.76. The summed E-state index contributed by atoms with van der Waals surface area (Å²) in [6.45, 7) is 2.93. The lowest BCUT2D eigenvalue weighted by molar-refractivity contribution is -0.119. The molecule has 1 saturated heterocycles. The molecular formula is C14H17NO2. The second-order valence-corrected chi connectivity index (χ2v) is 5.33. The van der Waals surface area contributed by atoms with Gasteiger partial charge in [0.05, 0.1) is 6.61 Å². The first kappa shape index (κ1) is 10.6. The molecule has 3 nitrogen and oxygen atoms in total. The zero-order chi connectivity index (χ0) is 11.9. The summed E-state index contributed by atoms with van der Waals surface area (Å²) in [5, 5.41) is 3.08. The molecule has 0 spiro atoms. The predicted octanol–water partition coefficient (Wildman–Crippen LogP) is 1.83. The predicted molar refractivity (Wildman–Crippen MR) is 65.1 cm³/mol. The Bertz CT molecular complexity index is 469. The first-order valence-electron chi connectivity index (χ1n) is 6.20. The number of fused-ring (bicyclic) bond motifs is 1. The number of carbonyl (C=O) groups is 1. The van der Waals surface area contributed by atoms with Crippen LogP contribution in [0.2, 0.25) is 0 Å². The standard InChI is InChI=1S/C14H17NO2/c1-14(6-4-13(16)15-14)9-10-2-3-12-11(8-10)5-7-17-12/h2-3,8H,4-7,9H2,1H3,(H,15,16). The summed E-state index contributed by atoms with van der Waals surface area (Å²) < 4.78 is 5.50. The van der Waals surface area contributed by atoms with Crippen molar-refractivity contribution in [3.05, 3.63) is 29.3 Å². The van der Waals surface area contributed by atoms with Crippen molar-refractivity contribution in [3.63, 3.8) is 0 Å². The summed E-state index contributed by atoms with van der Waals surface area (Å²) in [6.07, 6.45) is 3.50. The van der Waals surface area contributed by atoms with Gasteiger partial charge in [-0.1, -0.05) is 12.1 Å². The zero-order valence-corrected chi connectivity index (χ0v) is 10.1. The maximum absolute atomic E-state index is 11.3. The Kier molecular flexibility index (Phi) is 2.35. The van der Waals surface area contributed by atoms with Gasteiger partial charge in [-0.15, -0.1) is 0 Å². The van der Waals surface area contributed by atoms with Crippen LogP contribution < -0.4 is 10.1 Å². The Labute approximate surface area is 101 Å². The number of rotatable bonds is 2. The van der Waals surface area contributed by atoms with Crippen LogP contribution in [-0.2, 0) is 17.6 Å². The third-order valence-electron chi connectivity index (χ3n) is 3.69. The van der Waals surface area contributed by atoms with Crippen molar-refractivity contribution in [2.45, 2.75) is 38.1 Å². The lowest BCUT2D eigenvalue weighted by Gasteiger charge is -2.24. The third-order valence-corrected chi connectivity index (χ3v) is 3.69. The molecule has 3 rings (SSSR count). The van der Waals surface area contributed by atoms with Gasteiger partial charge < -0.3 is 10.1 Å². The molecule has 1 unspecified atom stereocenters. The first-order valence-corrected chi connectivity index (χ1v) is 6.20. The molecule has 1 aromatic rings. The molecule has 1 atom stereocenters. The number of hydrogen-bond acceptors (Lipinski definition) is 2. The fourth-order valence-corrected chi connectivity index (χ4v) is 2.78. The van der Waals surface area contributed by atoms with E-state index in [1.807, 2.05) is 0 Å². The van der Waals surface area contributed by atoms with Crippen LogP contribution in [0, 0.1) is 0 Å². The van der Waals surface area contributed by atoms with E-state index in [1.54, 1.807) is 0 Å². The van der Waals surface area contributed by atoms with Crippen molar-refractivity contribution < 1.29 is 9.53 Å². The van der Waals surface area contributed by atoms with Gasteiger partial charge >= 0.3 is 0 Å². The molecule has 0 saturated carbocycles. The van der Waals surface area contributed by atoms with E-state index >= 15 is 0 Å². The normalized spacial score (nSPS) is 26.5. The average Bonchev–Trinajstić information content (AvgIpc) is 2.85. The third kappa shape index (κ3) is 2.02. The van der Waals surface area contributed by atoms with Crippen LogP contribution >= 0.6 is 0 Å². The lowest BCUT2D eigenvalue weighted by atomic mass is 9.90. The summed E-state index contributed by atoms with van der Waals surface area (Å²) in [5.74, 6) is 1.20. The Morgan fingerprint density at radius 2 is 2.29 bits per heavy atom. The van der Waals surface area contributed by atoms with Gasteiger partial charge in [0.15, 0.2) is 0 Å². The van der Waals surface area contributed by atoms with Crippen LogP contribution in [0.15, 0.2) is 18.2 Å². The Morgan fingerprint density at radius 1 is 1.41 bits per heavy atom. The van der Waals surface area contributed by atoms with Crippen molar-refractivity contribution in [1.82, 2.24) is 5.32 Å². The minimum Gasteiger partial charge on any atom is -0.493 e. The summed E-state index contributed by atoms with van der Waals surface area (Å²) in [7, 11) is 0. The highest BCUT2D eigenvalue weighted by molar-refractivity contribution is 5.79. The van der Waals surface area contributed by atoms with E-state index in [0.29, 0.717) is 6.42 Å². The van der Waals surface area contributed by atoms with E-state index in [1.165, 1.54) is 11.1 Å². The van der Waals surface area contributed by atoms with E-state index in [9.17, 15) is 4.79 Å². The molecule has 17 heavy (non-hydrogen) atoms. The zero-order valence-electron chi connectivity index (χ0n) is 10.1. The topological polar surface area (TPSA) is 38.3 Å². The number of ether oxygens (including phenoxy) is 1. The van der Waals surface area contributed by atoms with E-state index in [-0.39, 0.29) is 11.4 Å². The first-order chi connectivity index (χ1) is 8.15. The van der Waals surface area contributed by atoms with Gasteiger partial charge in [-0.2, -0.15) is 0 Å². The molecule has 1 amide bonds. The van der Waals surface area contributed by atoms with Gasteiger partial charge in [0, 0.05) is 18.4 Å². The van der Waals surface area contributed by atoms with E-state index in [4.69, 9.17) is 4.74 Å². The van der Waals surface area contributed by atoms with Gasteiger partial charge in [0.1, 0.15) is 5.75 Å². The minimum atomic E-state index is -0.0647. The van der Waals surface area contributed by atoms with Crippen LogP contribution in [0.4, 0.5) is 0 Å². The molecule has 2 heterocycles. The molecule has 0 aromatic heterocycles. The molecule has 2 aliphatic heterocycles. The number of nitrogens with one attached hydrogen (secondary N) is 1. The van der Waals surface area contributed by atoms with Crippen molar-refractivity contribution in [3.8, 4) is 5.75 Å². The smallest absolute Gasteiger partial charge is 0.220 e. The van der Waals surface area contributed by atoms with Crippen LogP contribution in [0.3, 0.4) is 0 Å². The molecule has 90 valence electrons. The van der Waals surface area contributed by atoms with E-state index in [0.717, 1.165) is 31.6 Å². The lowest BCUT2D eigenvalue weighted by Crippen LogP contribution is -2.40. The van der Waals surface area contributed by atoms with Gasteiger partial charge in [-0.3, -0.25) is 4.79 Å². The Morgan fingerprint density at radius 3 is 3.06 bits per heavy atom. The average molecular weight is 231 g/mol. The van der Waals surface area contributed by atoms with Crippen molar-refractivity contribution >= 4 is 5.91 Å². The van der Waals surface area contributed by atoms with Crippen LogP contribution in [0.1, 0.15) is 30.9 Å². The highest BCUT2D eigenvalue weighted by Crippen LogP contribution is 2.29. The molecule has 0 radical (unpaired) electrons. The van der Waals surface area contributed by atoms with Crippen molar-refractivity contribution in [2.75, 3.05) is 6.61 Å². The summed E-state index contributed by atoms with van der Waals surface area (Å²) in [4.78, 5) is 11.3. The highest BCUT2D eigenvalue weighted by Gasteiger charge is 2.33.